The van der Waals surface area contributed by atoms with Crippen LogP contribution in [-0.4, -0.2) is 24.4 Å². The zero-order valence-electron chi connectivity index (χ0n) is 13.9. The lowest BCUT2D eigenvalue weighted by Crippen LogP contribution is -2.37. The quantitative estimate of drug-likeness (QED) is 0.570. The van der Waals surface area contributed by atoms with Crippen LogP contribution in [0.4, 0.5) is 5.95 Å². The summed E-state index contributed by atoms with van der Waals surface area (Å²) >= 11 is 0. The number of nitrogens with zero attached hydrogens (tertiary/aromatic N) is 5. The van der Waals surface area contributed by atoms with Crippen LogP contribution >= 0.6 is 0 Å². The van der Waals surface area contributed by atoms with Crippen molar-refractivity contribution in [3.8, 4) is 0 Å². The lowest BCUT2D eigenvalue weighted by Gasteiger charge is -2.04. The zero-order chi connectivity index (χ0) is 17.4. The Balaban J connectivity index is 2.08. The molecule has 1 aromatic carbocycles. The van der Waals surface area contributed by atoms with E-state index in [1.54, 1.807) is 18.7 Å². The van der Waals surface area contributed by atoms with Crippen molar-refractivity contribution in [2.45, 2.75) is 6.92 Å². The SMILES string of the molecule is CC(=NNc1nc2c(c(=O)n(C)c(=O)n2C)n1C)c1ccccc1. The monoisotopic (exact) mass is 326 g/mol. The number of nitrogens with one attached hydrogen (secondary N) is 1. The first-order valence-corrected chi connectivity index (χ1v) is 7.40. The van der Waals surface area contributed by atoms with Crippen molar-refractivity contribution in [2.24, 2.45) is 26.2 Å². The lowest BCUT2D eigenvalue weighted by atomic mass is 10.1. The minimum Gasteiger partial charge on any atom is -0.306 e. The van der Waals surface area contributed by atoms with Gasteiger partial charge in [-0.25, -0.2) is 10.2 Å². The van der Waals surface area contributed by atoms with Crippen LogP contribution in [0.15, 0.2) is 45.0 Å². The van der Waals surface area contributed by atoms with Crippen molar-refractivity contribution in [3.63, 3.8) is 0 Å². The number of hydrogen-bond acceptors (Lipinski definition) is 5. The van der Waals surface area contributed by atoms with Crippen molar-refractivity contribution in [1.82, 2.24) is 18.7 Å². The molecule has 24 heavy (non-hydrogen) atoms. The number of hydrogen-bond donors (Lipinski definition) is 1. The van der Waals surface area contributed by atoms with Gasteiger partial charge in [-0.15, -0.1) is 0 Å². The standard InChI is InChI=1S/C16H18N6O2/c1-10(11-8-6-5-7-9-11)18-19-15-17-13-12(20(15)2)14(23)22(4)16(24)21(13)3/h5-9H,1-4H3,(H,17,19). The number of hydrazone groups is 1. The summed E-state index contributed by atoms with van der Waals surface area (Å²) in [5.74, 6) is 0.388. The molecule has 0 radical (unpaired) electrons. The van der Waals surface area contributed by atoms with Gasteiger partial charge >= 0.3 is 5.69 Å². The average molecular weight is 326 g/mol. The number of imidazole rings is 1. The van der Waals surface area contributed by atoms with E-state index in [9.17, 15) is 9.59 Å². The maximum atomic E-state index is 12.3. The van der Waals surface area contributed by atoms with Gasteiger partial charge in [0.25, 0.3) is 5.56 Å². The van der Waals surface area contributed by atoms with Crippen LogP contribution in [0.1, 0.15) is 12.5 Å². The number of aryl methyl sites for hydroxylation is 2. The maximum Gasteiger partial charge on any atom is 0.332 e. The highest BCUT2D eigenvalue weighted by molar-refractivity contribution is 5.99. The molecule has 8 nitrogen and oxygen atoms in total. The number of rotatable bonds is 3. The fourth-order valence-corrected chi connectivity index (χ4v) is 2.50. The predicted molar refractivity (Wildman–Crippen MR) is 93.5 cm³/mol. The van der Waals surface area contributed by atoms with Gasteiger partial charge in [0, 0.05) is 21.1 Å². The fraction of sp³-hybridized carbons (Fsp3) is 0.250. The summed E-state index contributed by atoms with van der Waals surface area (Å²) in [5, 5.41) is 4.31. The Kier molecular flexibility index (Phi) is 3.80. The van der Waals surface area contributed by atoms with E-state index in [4.69, 9.17) is 0 Å². The van der Waals surface area contributed by atoms with Gasteiger partial charge in [0.15, 0.2) is 11.2 Å². The van der Waals surface area contributed by atoms with Crippen LogP contribution in [0, 0.1) is 0 Å². The van der Waals surface area contributed by atoms with Gasteiger partial charge in [-0.2, -0.15) is 10.1 Å². The minimum atomic E-state index is -0.416. The maximum absolute atomic E-state index is 12.3. The summed E-state index contributed by atoms with van der Waals surface area (Å²) in [6.45, 7) is 1.87. The van der Waals surface area contributed by atoms with E-state index >= 15 is 0 Å². The lowest BCUT2D eigenvalue weighted by molar-refractivity contribution is 0.705. The molecule has 124 valence electrons. The summed E-state index contributed by atoms with van der Waals surface area (Å²) < 4.78 is 4.00. The molecule has 8 heteroatoms. The Hall–Kier alpha value is -3.16. The largest absolute Gasteiger partial charge is 0.332 e. The molecule has 0 aliphatic heterocycles. The molecule has 0 fully saturated rings. The van der Waals surface area contributed by atoms with E-state index in [0.29, 0.717) is 17.1 Å². The second kappa shape index (κ2) is 5.80. The predicted octanol–water partition coefficient (Wildman–Crippen LogP) is 0.807. The molecular formula is C16H18N6O2. The summed E-state index contributed by atoms with van der Waals surface area (Å²) in [4.78, 5) is 28.7. The van der Waals surface area contributed by atoms with Gasteiger partial charge in [-0.1, -0.05) is 30.3 Å². The third-order valence-corrected chi connectivity index (χ3v) is 3.99. The first-order valence-electron chi connectivity index (χ1n) is 7.40. The van der Waals surface area contributed by atoms with E-state index in [0.717, 1.165) is 15.8 Å². The second-order valence-corrected chi connectivity index (χ2v) is 5.55. The first kappa shape index (κ1) is 15.7. The highest BCUT2D eigenvalue weighted by atomic mass is 16.2. The molecule has 0 aliphatic rings. The van der Waals surface area contributed by atoms with Crippen LogP contribution in [0.2, 0.25) is 0 Å². The minimum absolute atomic E-state index is 0.320. The molecule has 1 N–H and O–H groups in total. The first-order chi connectivity index (χ1) is 11.4. The van der Waals surface area contributed by atoms with E-state index < -0.39 is 5.69 Å². The van der Waals surface area contributed by atoms with Crippen molar-refractivity contribution < 1.29 is 0 Å². The summed E-state index contributed by atoms with van der Waals surface area (Å²) in [6, 6.07) is 9.71. The van der Waals surface area contributed by atoms with E-state index in [-0.39, 0.29) is 5.56 Å². The Morgan fingerprint density at radius 3 is 2.38 bits per heavy atom. The number of fused-ring (bicyclic) bond motifs is 1. The van der Waals surface area contributed by atoms with Crippen molar-refractivity contribution in [1.29, 1.82) is 0 Å². The van der Waals surface area contributed by atoms with Crippen molar-refractivity contribution >= 4 is 22.8 Å². The van der Waals surface area contributed by atoms with Gasteiger partial charge in [-0.3, -0.25) is 13.9 Å². The molecule has 2 aromatic heterocycles. The highest BCUT2D eigenvalue weighted by Crippen LogP contribution is 2.13. The molecule has 0 atom stereocenters. The van der Waals surface area contributed by atoms with Crippen molar-refractivity contribution in [2.75, 3.05) is 5.43 Å². The smallest absolute Gasteiger partial charge is 0.306 e. The third kappa shape index (κ3) is 2.41. The third-order valence-electron chi connectivity index (χ3n) is 3.99. The van der Waals surface area contributed by atoms with Gasteiger partial charge < -0.3 is 4.57 Å². The molecule has 2 heterocycles. The molecule has 3 rings (SSSR count). The number of benzene rings is 1. The van der Waals surface area contributed by atoms with Crippen LogP contribution < -0.4 is 16.7 Å². The average Bonchev–Trinajstić information content (AvgIpc) is 2.93. The molecule has 0 amide bonds. The van der Waals surface area contributed by atoms with E-state index in [1.807, 2.05) is 37.3 Å². The normalized spacial score (nSPS) is 11.9. The highest BCUT2D eigenvalue weighted by Gasteiger charge is 2.16. The summed E-state index contributed by atoms with van der Waals surface area (Å²) in [6.07, 6.45) is 0. The van der Waals surface area contributed by atoms with E-state index in [1.165, 1.54) is 11.6 Å². The molecule has 0 bridgehead atoms. The Labute approximate surface area is 137 Å². The molecule has 0 saturated heterocycles. The molecule has 3 aromatic rings. The van der Waals surface area contributed by atoms with Crippen LogP contribution in [0.25, 0.3) is 11.2 Å². The van der Waals surface area contributed by atoms with Gasteiger partial charge in [-0.05, 0) is 12.5 Å². The van der Waals surface area contributed by atoms with Crippen molar-refractivity contribution in [3.05, 3.63) is 56.7 Å². The number of anilines is 1. The molecule has 0 spiro atoms. The Morgan fingerprint density at radius 2 is 1.71 bits per heavy atom. The molecule has 0 aliphatic carbocycles. The van der Waals surface area contributed by atoms with Gasteiger partial charge in [0.05, 0.1) is 5.71 Å². The summed E-state index contributed by atoms with van der Waals surface area (Å²) in [7, 11) is 4.73. The molecule has 0 saturated carbocycles. The Bertz CT molecular complexity index is 1060. The van der Waals surface area contributed by atoms with Gasteiger partial charge in [0.1, 0.15) is 0 Å². The second-order valence-electron chi connectivity index (χ2n) is 5.55. The number of aromatic nitrogens is 4. The topological polar surface area (TPSA) is 86.2 Å². The molecule has 0 unspecified atom stereocenters. The van der Waals surface area contributed by atoms with Crippen LogP contribution in [0.5, 0.6) is 0 Å². The Morgan fingerprint density at radius 1 is 1.04 bits per heavy atom. The summed E-state index contributed by atoms with van der Waals surface area (Å²) in [5.41, 5.74) is 4.49. The molecular weight excluding hydrogens is 308 g/mol. The fourth-order valence-electron chi connectivity index (χ4n) is 2.50. The van der Waals surface area contributed by atoms with Gasteiger partial charge in [0.2, 0.25) is 5.95 Å². The zero-order valence-corrected chi connectivity index (χ0v) is 13.9. The van der Waals surface area contributed by atoms with Crippen LogP contribution in [0.3, 0.4) is 0 Å². The van der Waals surface area contributed by atoms with E-state index in [2.05, 4.69) is 15.5 Å². The van der Waals surface area contributed by atoms with Crippen LogP contribution in [-0.2, 0) is 21.1 Å².